The molecule has 5 heteroatoms. The van der Waals surface area contributed by atoms with E-state index in [0.717, 1.165) is 38.9 Å². The molecular weight excluding hydrogens is 316 g/mol. The average Bonchev–Trinajstić information content (AvgIpc) is 3.23. The van der Waals surface area contributed by atoms with Gasteiger partial charge in [-0.15, -0.1) is 0 Å². The maximum Gasteiger partial charge on any atom is 0.254 e. The minimum atomic E-state index is -0.405. The van der Waals surface area contributed by atoms with Crippen LogP contribution < -0.4 is 4.90 Å². The van der Waals surface area contributed by atoms with E-state index in [1.54, 1.807) is 0 Å². The zero-order valence-electron chi connectivity index (χ0n) is 14.6. The van der Waals surface area contributed by atoms with E-state index in [0.29, 0.717) is 25.7 Å². The molecule has 0 aromatic heterocycles. The number of hydrogen-bond donors (Lipinski definition) is 0. The van der Waals surface area contributed by atoms with Crippen molar-refractivity contribution in [2.24, 2.45) is 0 Å². The van der Waals surface area contributed by atoms with Crippen molar-refractivity contribution in [3.63, 3.8) is 0 Å². The van der Waals surface area contributed by atoms with Gasteiger partial charge in [-0.25, -0.2) is 0 Å². The lowest BCUT2D eigenvalue weighted by atomic mass is 9.89. The van der Waals surface area contributed by atoms with Gasteiger partial charge in [0.05, 0.1) is 19.8 Å². The SMILES string of the molecule is O=C(C1COCCO1)N1CCC(c2ccc(N3C=CCC3)cc2)CC1. The molecule has 1 amide bonds. The van der Waals surface area contributed by atoms with Crippen LogP contribution in [0.4, 0.5) is 5.69 Å². The molecule has 0 aliphatic carbocycles. The van der Waals surface area contributed by atoms with Crippen LogP contribution in [-0.4, -0.2) is 56.4 Å². The second-order valence-corrected chi connectivity index (χ2v) is 6.99. The molecule has 2 saturated heterocycles. The number of anilines is 1. The molecule has 0 spiro atoms. The van der Waals surface area contributed by atoms with Crippen LogP contribution in [0.3, 0.4) is 0 Å². The van der Waals surface area contributed by atoms with E-state index in [4.69, 9.17) is 9.47 Å². The van der Waals surface area contributed by atoms with Crippen molar-refractivity contribution in [3.8, 4) is 0 Å². The van der Waals surface area contributed by atoms with E-state index in [1.807, 2.05) is 4.90 Å². The first-order chi connectivity index (χ1) is 12.3. The molecule has 1 aromatic rings. The molecule has 0 bridgehead atoms. The highest BCUT2D eigenvalue weighted by Crippen LogP contribution is 2.30. The van der Waals surface area contributed by atoms with E-state index >= 15 is 0 Å². The minimum absolute atomic E-state index is 0.0920. The first-order valence-electron chi connectivity index (χ1n) is 9.32. The summed E-state index contributed by atoms with van der Waals surface area (Å²) in [6.07, 6.45) is 7.13. The molecule has 0 radical (unpaired) electrons. The number of rotatable bonds is 3. The Bertz CT molecular complexity index is 614. The Morgan fingerprint density at radius 3 is 2.48 bits per heavy atom. The standard InChI is InChI=1S/C20H26N2O3/c23-20(19-15-24-13-14-25-19)22-11-7-17(8-12-22)16-3-5-18(6-4-16)21-9-1-2-10-21/h1,3-6,9,17,19H,2,7-8,10-15H2. The zero-order chi connectivity index (χ0) is 17.1. The van der Waals surface area contributed by atoms with Crippen molar-refractivity contribution >= 4 is 11.6 Å². The largest absolute Gasteiger partial charge is 0.376 e. The Balaban J connectivity index is 1.32. The molecule has 1 aromatic carbocycles. The predicted octanol–water partition coefficient (Wildman–Crippen LogP) is 2.53. The van der Waals surface area contributed by atoms with Gasteiger partial charge in [0.2, 0.25) is 0 Å². The molecule has 0 N–H and O–H groups in total. The number of carbonyl (C=O) groups is 1. The number of carbonyl (C=O) groups excluding carboxylic acids is 1. The number of nitrogens with zero attached hydrogens (tertiary/aromatic N) is 2. The summed E-state index contributed by atoms with van der Waals surface area (Å²) < 4.78 is 10.9. The summed E-state index contributed by atoms with van der Waals surface area (Å²) >= 11 is 0. The van der Waals surface area contributed by atoms with E-state index in [-0.39, 0.29) is 5.91 Å². The molecule has 1 atom stereocenters. The third-order valence-electron chi connectivity index (χ3n) is 5.42. The second kappa shape index (κ2) is 7.58. The van der Waals surface area contributed by atoms with Gasteiger partial charge < -0.3 is 19.3 Å². The third kappa shape index (κ3) is 3.72. The Kier molecular flexibility index (Phi) is 5.04. The highest BCUT2D eigenvalue weighted by Gasteiger charge is 2.30. The Labute approximate surface area is 149 Å². The number of ether oxygens (including phenoxy) is 2. The first kappa shape index (κ1) is 16.6. The fraction of sp³-hybridized carbons (Fsp3) is 0.550. The van der Waals surface area contributed by atoms with Crippen LogP contribution in [0.25, 0.3) is 0 Å². The molecule has 3 aliphatic heterocycles. The normalized spacial score (nSPS) is 24.7. The molecule has 1 unspecified atom stereocenters. The third-order valence-corrected chi connectivity index (χ3v) is 5.42. The van der Waals surface area contributed by atoms with Gasteiger partial charge in [-0.2, -0.15) is 0 Å². The van der Waals surface area contributed by atoms with Gasteiger partial charge in [0.25, 0.3) is 5.91 Å². The Morgan fingerprint density at radius 1 is 1.04 bits per heavy atom. The summed E-state index contributed by atoms with van der Waals surface area (Å²) in [6.45, 7) is 4.19. The van der Waals surface area contributed by atoms with Crippen LogP contribution in [0.1, 0.15) is 30.7 Å². The lowest BCUT2D eigenvalue weighted by molar-refractivity contribution is -0.158. The maximum atomic E-state index is 12.5. The number of likely N-dealkylation sites (tertiary alicyclic amines) is 1. The molecule has 25 heavy (non-hydrogen) atoms. The van der Waals surface area contributed by atoms with Crippen molar-refractivity contribution in [1.29, 1.82) is 0 Å². The maximum absolute atomic E-state index is 12.5. The van der Waals surface area contributed by atoms with Gasteiger partial charge in [0.15, 0.2) is 6.10 Å². The van der Waals surface area contributed by atoms with E-state index in [2.05, 4.69) is 41.4 Å². The van der Waals surface area contributed by atoms with Gasteiger partial charge >= 0.3 is 0 Å². The highest BCUT2D eigenvalue weighted by atomic mass is 16.6. The number of amides is 1. The van der Waals surface area contributed by atoms with E-state index in [9.17, 15) is 4.79 Å². The molecule has 5 nitrogen and oxygen atoms in total. The molecule has 3 heterocycles. The lowest BCUT2D eigenvalue weighted by Gasteiger charge is -2.35. The number of hydrogen-bond acceptors (Lipinski definition) is 4. The molecule has 134 valence electrons. The van der Waals surface area contributed by atoms with Crippen LogP contribution in [0.2, 0.25) is 0 Å². The molecular formula is C20H26N2O3. The minimum Gasteiger partial charge on any atom is -0.376 e. The van der Waals surface area contributed by atoms with Crippen LogP contribution in [-0.2, 0) is 14.3 Å². The van der Waals surface area contributed by atoms with Gasteiger partial charge in [0, 0.05) is 31.5 Å². The molecule has 0 saturated carbocycles. The van der Waals surface area contributed by atoms with Crippen molar-refractivity contribution in [2.45, 2.75) is 31.3 Å². The van der Waals surface area contributed by atoms with Crippen LogP contribution in [0, 0.1) is 0 Å². The Morgan fingerprint density at radius 2 is 1.84 bits per heavy atom. The fourth-order valence-electron chi connectivity index (χ4n) is 3.91. The van der Waals surface area contributed by atoms with Crippen LogP contribution in [0.15, 0.2) is 36.5 Å². The quantitative estimate of drug-likeness (QED) is 0.847. The van der Waals surface area contributed by atoms with Gasteiger partial charge in [-0.3, -0.25) is 4.79 Å². The highest BCUT2D eigenvalue weighted by molar-refractivity contribution is 5.81. The zero-order valence-corrected chi connectivity index (χ0v) is 14.6. The van der Waals surface area contributed by atoms with Gasteiger partial charge in [0.1, 0.15) is 0 Å². The monoisotopic (exact) mass is 342 g/mol. The summed E-state index contributed by atoms with van der Waals surface area (Å²) in [5, 5.41) is 0. The summed E-state index contributed by atoms with van der Waals surface area (Å²) in [5.41, 5.74) is 2.65. The van der Waals surface area contributed by atoms with E-state index in [1.165, 1.54) is 11.3 Å². The van der Waals surface area contributed by atoms with Gasteiger partial charge in [-0.1, -0.05) is 18.2 Å². The molecule has 3 aliphatic rings. The van der Waals surface area contributed by atoms with Crippen molar-refractivity contribution in [2.75, 3.05) is 44.4 Å². The van der Waals surface area contributed by atoms with Crippen LogP contribution in [0.5, 0.6) is 0 Å². The lowest BCUT2D eigenvalue weighted by Crippen LogP contribution is -2.47. The molecule has 2 fully saturated rings. The first-order valence-corrected chi connectivity index (χ1v) is 9.32. The fourth-order valence-corrected chi connectivity index (χ4v) is 3.91. The summed E-state index contributed by atoms with van der Waals surface area (Å²) in [6, 6.07) is 8.94. The number of piperidine rings is 1. The predicted molar refractivity (Wildman–Crippen MR) is 96.7 cm³/mol. The molecule has 4 rings (SSSR count). The van der Waals surface area contributed by atoms with Crippen molar-refractivity contribution in [3.05, 3.63) is 42.1 Å². The van der Waals surface area contributed by atoms with Crippen LogP contribution >= 0.6 is 0 Å². The Hall–Kier alpha value is -1.85. The smallest absolute Gasteiger partial charge is 0.254 e. The van der Waals surface area contributed by atoms with Crippen molar-refractivity contribution < 1.29 is 14.3 Å². The average molecular weight is 342 g/mol. The van der Waals surface area contributed by atoms with E-state index < -0.39 is 6.10 Å². The summed E-state index contributed by atoms with van der Waals surface area (Å²) in [4.78, 5) is 16.7. The summed E-state index contributed by atoms with van der Waals surface area (Å²) in [7, 11) is 0. The second-order valence-electron chi connectivity index (χ2n) is 6.99. The van der Waals surface area contributed by atoms with Gasteiger partial charge in [-0.05, 0) is 42.9 Å². The number of benzene rings is 1. The topological polar surface area (TPSA) is 42.0 Å². The summed E-state index contributed by atoms with van der Waals surface area (Å²) in [5.74, 6) is 0.630. The van der Waals surface area contributed by atoms with Crippen molar-refractivity contribution in [1.82, 2.24) is 4.90 Å².